The van der Waals surface area contributed by atoms with E-state index in [0.717, 1.165) is 11.3 Å². The fraction of sp³-hybridized carbons (Fsp3) is 0.267. The SMILES string of the molecule is O=C1O[C@H](CNS(=O)(=O)c2cccs2)CN1c1ccc2c(c1)OCO2. The van der Waals surface area contributed by atoms with E-state index in [9.17, 15) is 13.2 Å². The Bertz CT molecular complexity index is 897. The van der Waals surface area contributed by atoms with Crippen LogP contribution in [-0.4, -0.2) is 40.5 Å². The molecule has 25 heavy (non-hydrogen) atoms. The number of benzene rings is 1. The van der Waals surface area contributed by atoms with Crippen molar-refractivity contribution in [3.63, 3.8) is 0 Å². The number of hydrogen-bond acceptors (Lipinski definition) is 7. The van der Waals surface area contributed by atoms with E-state index in [2.05, 4.69) is 4.72 Å². The molecule has 0 unspecified atom stereocenters. The Morgan fingerprint density at radius 2 is 2.08 bits per heavy atom. The number of nitrogens with one attached hydrogen (secondary N) is 1. The molecule has 132 valence electrons. The smallest absolute Gasteiger partial charge is 0.414 e. The van der Waals surface area contributed by atoms with Crippen LogP contribution in [0, 0.1) is 0 Å². The molecule has 8 nitrogen and oxygen atoms in total. The Hall–Kier alpha value is -2.30. The van der Waals surface area contributed by atoms with Crippen LogP contribution in [-0.2, 0) is 14.8 Å². The molecule has 0 aliphatic carbocycles. The van der Waals surface area contributed by atoms with Gasteiger partial charge in [0, 0.05) is 12.6 Å². The molecule has 2 aliphatic heterocycles. The first-order valence-electron chi connectivity index (χ1n) is 7.44. The number of sulfonamides is 1. The fourth-order valence-corrected chi connectivity index (χ4v) is 4.69. The minimum absolute atomic E-state index is 0.00697. The molecule has 0 saturated carbocycles. The molecular formula is C15H14N2O6S2. The third-order valence-electron chi connectivity index (χ3n) is 3.80. The lowest BCUT2D eigenvalue weighted by molar-refractivity contribution is 0.143. The van der Waals surface area contributed by atoms with Crippen molar-refractivity contribution >= 4 is 33.1 Å². The Morgan fingerprint density at radius 1 is 1.24 bits per heavy atom. The van der Waals surface area contributed by atoms with Gasteiger partial charge in [0.1, 0.15) is 10.3 Å². The Balaban J connectivity index is 1.42. The minimum atomic E-state index is -3.59. The molecule has 1 fully saturated rings. The van der Waals surface area contributed by atoms with Crippen molar-refractivity contribution in [3.8, 4) is 11.5 Å². The van der Waals surface area contributed by atoms with Gasteiger partial charge in [0.2, 0.25) is 16.8 Å². The zero-order valence-corrected chi connectivity index (χ0v) is 14.5. The van der Waals surface area contributed by atoms with Gasteiger partial charge in [-0.15, -0.1) is 11.3 Å². The third kappa shape index (κ3) is 3.15. The summed E-state index contributed by atoms with van der Waals surface area (Å²) in [4.78, 5) is 13.5. The van der Waals surface area contributed by atoms with Crippen molar-refractivity contribution in [3.05, 3.63) is 35.7 Å². The van der Waals surface area contributed by atoms with Crippen molar-refractivity contribution in [1.82, 2.24) is 4.72 Å². The maximum atomic E-state index is 12.1. The van der Waals surface area contributed by atoms with Crippen LogP contribution in [0.1, 0.15) is 0 Å². The largest absolute Gasteiger partial charge is 0.454 e. The van der Waals surface area contributed by atoms with E-state index >= 15 is 0 Å². The Morgan fingerprint density at radius 3 is 2.88 bits per heavy atom. The quantitative estimate of drug-likeness (QED) is 0.847. The number of carbonyl (C=O) groups excluding carboxylic acids is 1. The van der Waals surface area contributed by atoms with E-state index in [4.69, 9.17) is 14.2 Å². The molecule has 1 amide bonds. The summed E-state index contributed by atoms with van der Waals surface area (Å²) in [5.74, 6) is 1.18. The number of ether oxygens (including phenoxy) is 3. The monoisotopic (exact) mass is 382 g/mol. The molecule has 1 atom stereocenters. The number of amides is 1. The van der Waals surface area contributed by atoms with E-state index < -0.39 is 22.2 Å². The van der Waals surface area contributed by atoms with Crippen molar-refractivity contribution < 1.29 is 27.4 Å². The van der Waals surface area contributed by atoms with Crippen molar-refractivity contribution in [2.24, 2.45) is 0 Å². The standard InChI is InChI=1S/C15H14N2O6S2/c18-15-17(10-3-4-12-13(6-10)22-9-21-12)8-11(23-15)7-16-25(19,20)14-2-1-5-24-14/h1-6,11,16H,7-9H2/t11-/m1/s1. The van der Waals surface area contributed by atoms with Gasteiger partial charge in [-0.2, -0.15) is 0 Å². The maximum absolute atomic E-state index is 12.1. The maximum Gasteiger partial charge on any atom is 0.414 e. The molecular weight excluding hydrogens is 368 g/mol. The fourth-order valence-electron chi connectivity index (χ4n) is 2.58. The average molecular weight is 382 g/mol. The number of fused-ring (bicyclic) bond motifs is 1. The van der Waals surface area contributed by atoms with Crippen LogP contribution < -0.4 is 19.1 Å². The lowest BCUT2D eigenvalue weighted by Gasteiger charge is -2.13. The lowest BCUT2D eigenvalue weighted by Crippen LogP contribution is -2.34. The van der Waals surface area contributed by atoms with Gasteiger partial charge in [0.05, 0.1) is 12.2 Å². The molecule has 4 rings (SSSR count). The molecule has 1 saturated heterocycles. The number of carbonyl (C=O) groups is 1. The minimum Gasteiger partial charge on any atom is -0.454 e. The van der Waals surface area contributed by atoms with Crippen molar-refractivity contribution in [1.29, 1.82) is 0 Å². The number of thiophene rings is 1. The van der Waals surface area contributed by atoms with Crippen molar-refractivity contribution in [2.75, 3.05) is 24.8 Å². The summed E-state index contributed by atoms with van der Waals surface area (Å²) in [6, 6.07) is 8.33. The van der Waals surface area contributed by atoms with Gasteiger partial charge >= 0.3 is 6.09 Å². The summed E-state index contributed by atoms with van der Waals surface area (Å²) >= 11 is 1.13. The highest BCUT2D eigenvalue weighted by Crippen LogP contribution is 2.36. The normalized spacial score (nSPS) is 19.3. The van der Waals surface area contributed by atoms with Gasteiger partial charge in [-0.25, -0.2) is 17.9 Å². The van der Waals surface area contributed by atoms with Gasteiger partial charge in [0.25, 0.3) is 0 Å². The number of nitrogens with zero attached hydrogens (tertiary/aromatic N) is 1. The highest BCUT2D eigenvalue weighted by atomic mass is 32.2. The molecule has 2 aliphatic rings. The van der Waals surface area contributed by atoms with Crippen LogP contribution >= 0.6 is 11.3 Å². The average Bonchev–Trinajstić information content (AvgIpc) is 3.33. The Labute approximate surface area is 148 Å². The predicted octanol–water partition coefficient (Wildman–Crippen LogP) is 1.78. The summed E-state index contributed by atoms with van der Waals surface area (Å²) < 4.78 is 42.7. The molecule has 10 heteroatoms. The molecule has 0 radical (unpaired) electrons. The highest BCUT2D eigenvalue weighted by Gasteiger charge is 2.34. The van der Waals surface area contributed by atoms with Gasteiger partial charge in [-0.05, 0) is 23.6 Å². The van der Waals surface area contributed by atoms with Crippen LogP contribution in [0.2, 0.25) is 0 Å². The van der Waals surface area contributed by atoms with Crippen LogP contribution in [0.5, 0.6) is 11.5 Å². The second kappa shape index (κ2) is 6.21. The summed E-state index contributed by atoms with van der Waals surface area (Å²) in [5, 5.41) is 1.69. The first-order chi connectivity index (χ1) is 12.0. The van der Waals surface area contributed by atoms with Gasteiger partial charge in [-0.1, -0.05) is 6.07 Å². The van der Waals surface area contributed by atoms with Gasteiger partial charge in [0.15, 0.2) is 11.5 Å². The first-order valence-corrected chi connectivity index (χ1v) is 9.80. The van der Waals surface area contributed by atoms with Crippen LogP contribution in [0.3, 0.4) is 0 Å². The summed E-state index contributed by atoms with van der Waals surface area (Å²) in [7, 11) is -3.59. The molecule has 1 N–H and O–H groups in total. The highest BCUT2D eigenvalue weighted by molar-refractivity contribution is 7.91. The van der Waals surface area contributed by atoms with Crippen LogP contribution in [0.25, 0.3) is 0 Å². The number of rotatable bonds is 5. The van der Waals surface area contributed by atoms with Crippen molar-refractivity contribution in [2.45, 2.75) is 10.3 Å². The molecule has 1 aromatic carbocycles. The first kappa shape index (κ1) is 16.2. The van der Waals surface area contributed by atoms with E-state index in [1.807, 2.05) is 0 Å². The number of anilines is 1. The second-order valence-corrected chi connectivity index (χ2v) is 8.38. The van der Waals surface area contributed by atoms with Gasteiger partial charge < -0.3 is 14.2 Å². The number of hydrogen-bond donors (Lipinski definition) is 1. The summed E-state index contributed by atoms with van der Waals surface area (Å²) in [5.41, 5.74) is 0.609. The topological polar surface area (TPSA) is 94.2 Å². The third-order valence-corrected chi connectivity index (χ3v) is 6.62. The summed E-state index contributed by atoms with van der Waals surface area (Å²) in [6.07, 6.45) is -1.10. The summed E-state index contributed by atoms with van der Waals surface area (Å²) in [6.45, 7) is 0.398. The Kier molecular flexibility index (Phi) is 4.02. The number of cyclic esters (lactones) is 1. The molecule has 0 bridgehead atoms. The van der Waals surface area contributed by atoms with E-state index in [1.165, 1.54) is 11.0 Å². The zero-order chi connectivity index (χ0) is 17.4. The van der Waals surface area contributed by atoms with Crippen LogP contribution in [0.15, 0.2) is 39.9 Å². The zero-order valence-electron chi connectivity index (χ0n) is 12.9. The molecule has 0 spiro atoms. The lowest BCUT2D eigenvalue weighted by atomic mass is 10.2. The van der Waals surface area contributed by atoms with E-state index in [1.54, 1.807) is 29.6 Å². The van der Waals surface area contributed by atoms with E-state index in [-0.39, 0.29) is 24.1 Å². The molecule has 1 aromatic heterocycles. The van der Waals surface area contributed by atoms with Gasteiger partial charge in [-0.3, -0.25) is 4.90 Å². The molecule has 2 aromatic rings. The molecule has 3 heterocycles. The second-order valence-electron chi connectivity index (χ2n) is 5.44. The van der Waals surface area contributed by atoms with Crippen LogP contribution in [0.4, 0.5) is 10.5 Å². The predicted molar refractivity (Wildman–Crippen MR) is 89.7 cm³/mol. The van der Waals surface area contributed by atoms with E-state index in [0.29, 0.717) is 17.2 Å².